The third-order valence-electron chi connectivity index (χ3n) is 3.25. The molecule has 108 valence electrons. The second-order valence-electron chi connectivity index (χ2n) is 4.94. The summed E-state index contributed by atoms with van der Waals surface area (Å²) < 4.78 is 20.6. The molecule has 1 aromatic carbocycles. The molecule has 0 aliphatic rings. The van der Waals surface area contributed by atoms with Gasteiger partial charge in [-0.1, -0.05) is 6.07 Å². The Kier molecular flexibility index (Phi) is 4.74. The van der Waals surface area contributed by atoms with E-state index in [9.17, 15) is 4.39 Å². The van der Waals surface area contributed by atoms with Gasteiger partial charge in [0.05, 0.1) is 13.4 Å². The number of imidazole rings is 1. The normalized spacial score (nSPS) is 14.0. The zero-order chi connectivity index (χ0) is 14.5. The summed E-state index contributed by atoms with van der Waals surface area (Å²) in [5.74, 6) is -0.0617. The van der Waals surface area contributed by atoms with Crippen LogP contribution < -0.4 is 10.1 Å². The summed E-state index contributed by atoms with van der Waals surface area (Å²) >= 11 is 0. The molecule has 0 fully saturated rings. The van der Waals surface area contributed by atoms with Crippen LogP contribution in [-0.2, 0) is 6.54 Å². The van der Waals surface area contributed by atoms with Gasteiger partial charge in [-0.2, -0.15) is 0 Å². The lowest BCUT2D eigenvalue weighted by Gasteiger charge is -2.21. The van der Waals surface area contributed by atoms with Gasteiger partial charge in [-0.15, -0.1) is 0 Å². The maximum Gasteiger partial charge on any atom is 0.165 e. The predicted molar refractivity (Wildman–Crippen MR) is 76.2 cm³/mol. The Labute approximate surface area is 118 Å². The summed E-state index contributed by atoms with van der Waals surface area (Å²) in [6, 6.07) is 5.37. The molecule has 20 heavy (non-hydrogen) atoms. The van der Waals surface area contributed by atoms with Crippen LogP contribution in [0, 0.1) is 5.82 Å². The van der Waals surface area contributed by atoms with Crippen LogP contribution in [0.1, 0.15) is 25.5 Å². The lowest BCUT2D eigenvalue weighted by molar-refractivity contribution is 0.384. The maximum absolute atomic E-state index is 13.7. The number of hydrogen-bond donors (Lipinski definition) is 1. The minimum Gasteiger partial charge on any atom is -0.494 e. The van der Waals surface area contributed by atoms with Crippen LogP contribution in [0.3, 0.4) is 0 Å². The Morgan fingerprint density at radius 2 is 2.20 bits per heavy atom. The SMILES string of the molecule is COc1ccc(C(C)NC(C)Cn2ccnc2)cc1F. The number of hydrogen-bond acceptors (Lipinski definition) is 3. The first-order valence-corrected chi connectivity index (χ1v) is 6.65. The molecule has 4 nitrogen and oxygen atoms in total. The van der Waals surface area contributed by atoms with Gasteiger partial charge >= 0.3 is 0 Å². The molecule has 2 rings (SSSR count). The average Bonchev–Trinajstić information content (AvgIpc) is 2.91. The van der Waals surface area contributed by atoms with Gasteiger partial charge in [0, 0.05) is 31.0 Å². The van der Waals surface area contributed by atoms with E-state index >= 15 is 0 Å². The fourth-order valence-corrected chi connectivity index (χ4v) is 2.24. The first kappa shape index (κ1) is 14.5. The number of halogens is 1. The van der Waals surface area contributed by atoms with Gasteiger partial charge in [-0.3, -0.25) is 0 Å². The highest BCUT2D eigenvalue weighted by molar-refractivity contribution is 5.30. The van der Waals surface area contributed by atoms with E-state index in [1.54, 1.807) is 18.6 Å². The smallest absolute Gasteiger partial charge is 0.165 e. The highest BCUT2D eigenvalue weighted by Gasteiger charge is 2.12. The Balaban J connectivity index is 1.97. The summed E-state index contributed by atoms with van der Waals surface area (Å²) in [5, 5.41) is 3.44. The number of benzene rings is 1. The molecule has 2 unspecified atom stereocenters. The molecule has 0 amide bonds. The lowest BCUT2D eigenvalue weighted by atomic mass is 10.1. The Morgan fingerprint density at radius 1 is 1.40 bits per heavy atom. The Bertz CT molecular complexity index is 542. The molecule has 0 saturated carbocycles. The summed E-state index contributed by atoms with van der Waals surface area (Å²) in [6.45, 7) is 4.94. The molecular formula is C15H20FN3O. The molecule has 2 atom stereocenters. The van der Waals surface area contributed by atoms with Crippen LogP contribution in [-0.4, -0.2) is 22.7 Å². The minimum atomic E-state index is -0.332. The monoisotopic (exact) mass is 277 g/mol. The van der Waals surface area contributed by atoms with Crippen LogP contribution in [0.15, 0.2) is 36.9 Å². The van der Waals surface area contributed by atoms with E-state index in [4.69, 9.17) is 4.74 Å². The van der Waals surface area contributed by atoms with Crippen molar-refractivity contribution < 1.29 is 9.13 Å². The van der Waals surface area contributed by atoms with Gasteiger partial charge in [0.25, 0.3) is 0 Å². The Hall–Kier alpha value is -1.88. The average molecular weight is 277 g/mol. The van der Waals surface area contributed by atoms with Crippen molar-refractivity contribution in [1.82, 2.24) is 14.9 Å². The van der Waals surface area contributed by atoms with Crippen molar-refractivity contribution in [2.45, 2.75) is 32.5 Å². The van der Waals surface area contributed by atoms with E-state index in [1.165, 1.54) is 13.2 Å². The number of aromatic nitrogens is 2. The van der Waals surface area contributed by atoms with Crippen molar-refractivity contribution in [2.75, 3.05) is 7.11 Å². The molecule has 0 radical (unpaired) electrons. The fraction of sp³-hybridized carbons (Fsp3) is 0.400. The third kappa shape index (κ3) is 3.57. The first-order valence-electron chi connectivity index (χ1n) is 6.65. The van der Waals surface area contributed by atoms with Crippen LogP contribution in [0.4, 0.5) is 4.39 Å². The molecule has 1 heterocycles. The van der Waals surface area contributed by atoms with E-state index in [-0.39, 0.29) is 23.7 Å². The van der Waals surface area contributed by atoms with E-state index < -0.39 is 0 Å². The maximum atomic E-state index is 13.7. The predicted octanol–water partition coefficient (Wildman–Crippen LogP) is 2.77. The third-order valence-corrected chi connectivity index (χ3v) is 3.25. The molecule has 0 spiro atoms. The quantitative estimate of drug-likeness (QED) is 0.882. The highest BCUT2D eigenvalue weighted by atomic mass is 19.1. The van der Waals surface area contributed by atoms with Gasteiger partial charge in [0.1, 0.15) is 0 Å². The fourth-order valence-electron chi connectivity index (χ4n) is 2.24. The number of methoxy groups -OCH3 is 1. The molecule has 2 aromatic rings. The van der Waals surface area contributed by atoms with Gasteiger partial charge in [-0.05, 0) is 31.5 Å². The molecule has 0 saturated heterocycles. The van der Waals surface area contributed by atoms with Crippen molar-refractivity contribution in [2.24, 2.45) is 0 Å². The first-order chi connectivity index (χ1) is 9.60. The van der Waals surface area contributed by atoms with Gasteiger partial charge in [0.15, 0.2) is 11.6 Å². The number of rotatable bonds is 6. The van der Waals surface area contributed by atoms with Crippen molar-refractivity contribution >= 4 is 0 Å². The minimum absolute atomic E-state index is 0.0638. The molecule has 1 N–H and O–H groups in total. The number of nitrogens with zero attached hydrogens (tertiary/aromatic N) is 2. The van der Waals surface area contributed by atoms with Gasteiger partial charge in [0.2, 0.25) is 0 Å². The summed E-state index contributed by atoms with van der Waals surface area (Å²) in [4.78, 5) is 4.01. The molecule has 1 aromatic heterocycles. The zero-order valence-corrected chi connectivity index (χ0v) is 12.0. The topological polar surface area (TPSA) is 39.1 Å². The molecule has 0 aliphatic carbocycles. The Morgan fingerprint density at radius 3 is 2.80 bits per heavy atom. The van der Waals surface area contributed by atoms with E-state index in [0.717, 1.165) is 12.1 Å². The summed E-state index contributed by atoms with van der Waals surface area (Å²) in [7, 11) is 1.47. The largest absolute Gasteiger partial charge is 0.494 e. The van der Waals surface area contributed by atoms with Crippen LogP contribution in [0.2, 0.25) is 0 Å². The van der Waals surface area contributed by atoms with E-state index in [2.05, 4.69) is 17.2 Å². The van der Waals surface area contributed by atoms with E-state index in [0.29, 0.717) is 0 Å². The molecule has 0 aliphatic heterocycles. The summed E-state index contributed by atoms with van der Waals surface area (Å²) in [6.07, 6.45) is 5.47. The van der Waals surface area contributed by atoms with Gasteiger partial charge < -0.3 is 14.6 Å². The van der Waals surface area contributed by atoms with Crippen molar-refractivity contribution in [1.29, 1.82) is 0 Å². The van der Waals surface area contributed by atoms with Crippen LogP contribution in [0.25, 0.3) is 0 Å². The van der Waals surface area contributed by atoms with Crippen molar-refractivity contribution in [3.05, 3.63) is 48.3 Å². The standard InChI is InChI=1S/C15H20FN3O/c1-11(9-19-7-6-17-10-19)18-12(2)13-4-5-15(20-3)14(16)8-13/h4-8,10-12,18H,9H2,1-3H3. The lowest BCUT2D eigenvalue weighted by Crippen LogP contribution is -2.32. The number of nitrogens with one attached hydrogen (secondary N) is 1. The highest BCUT2D eigenvalue weighted by Crippen LogP contribution is 2.22. The summed E-state index contributed by atoms with van der Waals surface area (Å²) in [5.41, 5.74) is 0.904. The molecule has 0 bridgehead atoms. The van der Waals surface area contributed by atoms with E-state index in [1.807, 2.05) is 23.8 Å². The van der Waals surface area contributed by atoms with Crippen molar-refractivity contribution in [3.63, 3.8) is 0 Å². The van der Waals surface area contributed by atoms with Crippen LogP contribution in [0.5, 0.6) is 5.75 Å². The second kappa shape index (κ2) is 6.52. The molecular weight excluding hydrogens is 257 g/mol. The van der Waals surface area contributed by atoms with Crippen LogP contribution >= 0.6 is 0 Å². The second-order valence-corrected chi connectivity index (χ2v) is 4.94. The zero-order valence-electron chi connectivity index (χ0n) is 12.0. The number of ether oxygens (including phenoxy) is 1. The van der Waals surface area contributed by atoms with Gasteiger partial charge in [-0.25, -0.2) is 9.37 Å². The molecule has 5 heteroatoms. The van der Waals surface area contributed by atoms with Crippen molar-refractivity contribution in [3.8, 4) is 5.75 Å².